The molecule has 0 amide bonds. The Morgan fingerprint density at radius 1 is 1.36 bits per heavy atom. The monoisotopic (exact) mass is 525 g/mol. The van der Waals surface area contributed by atoms with Gasteiger partial charge >= 0.3 is 16.2 Å². The van der Waals surface area contributed by atoms with Crippen molar-refractivity contribution in [2.75, 3.05) is 37.5 Å². The number of aromatic nitrogens is 4. The number of H-pyrrole nitrogens is 1. The third kappa shape index (κ3) is 5.13. The first-order chi connectivity index (χ1) is 15.8. The predicted molar refractivity (Wildman–Crippen MR) is 119 cm³/mol. The fourth-order valence-corrected chi connectivity index (χ4v) is 7.44. The molecule has 5 atom stereocenters. The number of nitrogens with zero attached hydrogens (tertiary/aromatic N) is 3. The van der Waals surface area contributed by atoms with Crippen molar-refractivity contribution in [3.05, 3.63) is 10.4 Å². The Balaban J connectivity index is 1.66. The van der Waals surface area contributed by atoms with E-state index in [-0.39, 0.29) is 54.0 Å². The van der Waals surface area contributed by atoms with Gasteiger partial charge in [-0.15, -0.1) is 0 Å². The van der Waals surface area contributed by atoms with Gasteiger partial charge in [0.2, 0.25) is 5.95 Å². The zero-order valence-corrected chi connectivity index (χ0v) is 20.4. The lowest BCUT2D eigenvalue weighted by Gasteiger charge is -2.27. The molecule has 2 fully saturated rings. The van der Waals surface area contributed by atoms with Crippen LogP contribution in [-0.2, 0) is 27.4 Å². The molecule has 2 aliphatic heterocycles. The van der Waals surface area contributed by atoms with E-state index in [4.69, 9.17) is 28.6 Å². The number of hydrogen-bond acceptors (Lipinski definition) is 13. The number of fused-ring (bicyclic) bond motifs is 2. The number of nitrogen functional groups attached to an aromatic ring is 1. The van der Waals surface area contributed by atoms with Crippen molar-refractivity contribution in [3.8, 4) is 0 Å². The van der Waals surface area contributed by atoms with Crippen molar-refractivity contribution >= 4 is 45.1 Å². The zero-order chi connectivity index (χ0) is 23.8. The highest BCUT2D eigenvalue weighted by Gasteiger charge is 2.50. The molecule has 4 rings (SSSR count). The fraction of sp³-hybridized carbons (Fsp3) is 0.688. The summed E-state index contributed by atoms with van der Waals surface area (Å²) in [6.45, 7) is 3.95. The van der Waals surface area contributed by atoms with Crippen LogP contribution in [0.3, 0.4) is 0 Å². The number of thioether (sulfide) groups is 1. The van der Waals surface area contributed by atoms with Crippen LogP contribution >= 0.6 is 28.0 Å². The summed E-state index contributed by atoms with van der Waals surface area (Å²) in [6.07, 6.45) is -3.66. The van der Waals surface area contributed by atoms with E-state index >= 15 is 0 Å². The standard InChI is InChI=1S/C16H25N5O9P2S/c1-3-27-32(25,28-4-2)5-6-33-16-18-9-12(19-15(17)20-13(9)23)21(16)14-10(22)11-8(29-14)7-26-31(24)30-11/h8,10-11,14,22,24H,3-7H2,1-2H3,(H3,17,19,20,23). The molecule has 2 aliphatic rings. The number of aliphatic hydroxyl groups is 1. The maximum absolute atomic E-state index is 12.8. The van der Waals surface area contributed by atoms with Gasteiger partial charge in [-0.1, -0.05) is 11.8 Å². The van der Waals surface area contributed by atoms with Gasteiger partial charge in [-0.3, -0.25) is 18.9 Å². The van der Waals surface area contributed by atoms with E-state index in [9.17, 15) is 19.4 Å². The molecule has 184 valence electrons. The summed E-state index contributed by atoms with van der Waals surface area (Å²) < 4.78 is 41.2. The lowest BCUT2D eigenvalue weighted by Crippen LogP contribution is -2.38. The van der Waals surface area contributed by atoms with Gasteiger partial charge in [-0.05, 0) is 13.8 Å². The number of anilines is 1. The summed E-state index contributed by atoms with van der Waals surface area (Å²) >= 11 is 1.17. The summed E-state index contributed by atoms with van der Waals surface area (Å²) in [5, 5.41) is 11.2. The first-order valence-electron chi connectivity index (χ1n) is 10.2. The van der Waals surface area contributed by atoms with Crippen LogP contribution in [0.2, 0.25) is 0 Å². The average Bonchev–Trinajstić information content (AvgIpc) is 3.26. The highest BCUT2D eigenvalue weighted by Crippen LogP contribution is 2.49. The molecule has 0 aromatic carbocycles. The molecular formula is C16H25N5O9P2S. The molecule has 17 heteroatoms. The van der Waals surface area contributed by atoms with Crippen molar-refractivity contribution in [2.24, 2.45) is 0 Å². The van der Waals surface area contributed by atoms with E-state index < -0.39 is 46.3 Å². The lowest BCUT2D eigenvalue weighted by atomic mass is 10.1. The molecule has 14 nitrogen and oxygen atoms in total. The number of nitrogens with one attached hydrogen (secondary N) is 1. The second-order valence-corrected chi connectivity index (χ2v) is 11.3. The van der Waals surface area contributed by atoms with Crippen LogP contribution in [-0.4, -0.2) is 79.6 Å². The first kappa shape index (κ1) is 25.0. The van der Waals surface area contributed by atoms with Crippen molar-refractivity contribution in [1.29, 1.82) is 0 Å². The number of aromatic amines is 1. The smallest absolute Gasteiger partial charge is 0.331 e. The van der Waals surface area contributed by atoms with Gasteiger partial charge in [0.1, 0.15) is 18.3 Å². The van der Waals surface area contributed by atoms with Crippen LogP contribution in [0.15, 0.2) is 9.95 Å². The minimum Gasteiger partial charge on any atom is -0.386 e. The fourth-order valence-electron chi connectivity index (χ4n) is 3.59. The molecule has 33 heavy (non-hydrogen) atoms. The van der Waals surface area contributed by atoms with E-state index in [1.54, 1.807) is 13.8 Å². The maximum Gasteiger partial charge on any atom is 0.331 e. The molecule has 0 saturated carbocycles. The third-order valence-electron chi connectivity index (χ3n) is 4.91. The Morgan fingerprint density at radius 2 is 2.09 bits per heavy atom. The molecule has 4 heterocycles. The van der Waals surface area contributed by atoms with E-state index in [1.165, 1.54) is 16.3 Å². The van der Waals surface area contributed by atoms with Crippen molar-refractivity contribution in [1.82, 2.24) is 19.5 Å². The number of imidazole rings is 1. The number of aliphatic hydroxyl groups excluding tert-OH is 1. The Labute approximate surface area is 193 Å². The summed E-state index contributed by atoms with van der Waals surface area (Å²) in [5.74, 6) is 0.136. The number of nitrogens with two attached hydrogens (primary N) is 1. The highest BCUT2D eigenvalue weighted by molar-refractivity contribution is 7.99. The van der Waals surface area contributed by atoms with E-state index in [0.29, 0.717) is 0 Å². The van der Waals surface area contributed by atoms with Gasteiger partial charge in [-0.25, -0.2) is 4.98 Å². The Morgan fingerprint density at radius 3 is 2.79 bits per heavy atom. The summed E-state index contributed by atoms with van der Waals surface area (Å²) in [5.41, 5.74) is 5.27. The van der Waals surface area contributed by atoms with Crippen LogP contribution in [0.5, 0.6) is 0 Å². The quantitative estimate of drug-likeness (QED) is 0.267. The van der Waals surface area contributed by atoms with Crippen LogP contribution < -0.4 is 11.3 Å². The van der Waals surface area contributed by atoms with E-state index in [1.807, 2.05) is 0 Å². The van der Waals surface area contributed by atoms with Gasteiger partial charge in [0.25, 0.3) is 5.56 Å². The normalized spacial score (nSPS) is 27.8. The molecule has 0 aliphatic carbocycles. The largest absolute Gasteiger partial charge is 0.386 e. The summed E-state index contributed by atoms with van der Waals surface area (Å²) in [4.78, 5) is 33.0. The molecule has 2 aromatic heterocycles. The topological polar surface area (TPSA) is 193 Å². The van der Waals surface area contributed by atoms with Crippen molar-refractivity contribution in [2.45, 2.75) is 43.5 Å². The van der Waals surface area contributed by atoms with Crippen LogP contribution in [0, 0.1) is 0 Å². The SMILES string of the molecule is CCOP(=O)(CCSc1nc2c(=O)[nH]c(N)nc2n1C1OC2COP(O)OC2C1O)OCC. The minimum atomic E-state index is -3.29. The van der Waals surface area contributed by atoms with Gasteiger partial charge in [0.15, 0.2) is 22.5 Å². The first-order valence-corrected chi connectivity index (χ1v) is 14.0. The van der Waals surface area contributed by atoms with Gasteiger partial charge < -0.3 is 38.6 Å². The Bertz CT molecular complexity index is 1090. The molecule has 0 radical (unpaired) electrons. The molecule has 2 aromatic rings. The minimum absolute atomic E-state index is 0.00301. The highest BCUT2D eigenvalue weighted by atomic mass is 32.2. The van der Waals surface area contributed by atoms with Crippen LogP contribution in [0.25, 0.3) is 11.2 Å². The Hall–Kier alpha value is -1.12. The molecule has 0 bridgehead atoms. The van der Waals surface area contributed by atoms with Crippen molar-refractivity contribution < 1.29 is 37.4 Å². The van der Waals surface area contributed by atoms with Crippen LogP contribution in [0.4, 0.5) is 5.95 Å². The number of ether oxygens (including phenoxy) is 1. The van der Waals surface area contributed by atoms with Gasteiger partial charge in [0, 0.05) is 5.75 Å². The summed E-state index contributed by atoms with van der Waals surface area (Å²) in [6, 6.07) is 0. The second kappa shape index (κ2) is 10.2. The Kier molecular flexibility index (Phi) is 7.76. The molecule has 0 spiro atoms. The van der Waals surface area contributed by atoms with Crippen LogP contribution in [0.1, 0.15) is 20.1 Å². The molecule has 5 unspecified atom stereocenters. The predicted octanol–water partition coefficient (Wildman–Crippen LogP) is 0.953. The molecule has 5 N–H and O–H groups in total. The molecule has 2 saturated heterocycles. The van der Waals surface area contributed by atoms with Gasteiger partial charge in [0.05, 0.1) is 26.0 Å². The lowest BCUT2D eigenvalue weighted by molar-refractivity contribution is -0.0614. The number of rotatable bonds is 9. The average molecular weight is 525 g/mol. The van der Waals surface area contributed by atoms with Crippen molar-refractivity contribution in [3.63, 3.8) is 0 Å². The van der Waals surface area contributed by atoms with Gasteiger partial charge in [-0.2, -0.15) is 4.98 Å². The van der Waals surface area contributed by atoms with E-state index in [0.717, 1.165) is 0 Å². The second-order valence-electron chi connectivity index (χ2n) is 7.07. The zero-order valence-electron chi connectivity index (χ0n) is 17.8. The number of hydrogen-bond donors (Lipinski definition) is 4. The summed E-state index contributed by atoms with van der Waals surface area (Å²) in [7, 11) is -5.42. The third-order valence-corrected chi connectivity index (χ3v) is 9.03. The van der Waals surface area contributed by atoms with E-state index in [2.05, 4.69) is 15.0 Å². The molecular weight excluding hydrogens is 500 g/mol. The maximum atomic E-state index is 12.8.